The SMILES string of the molecule is CC(C)CC(C(=O)NCc1cccnc1Oc1cccc(F)c1)N1C(=O)C2CC=CCC2C1=O. The van der Waals surface area contributed by atoms with Gasteiger partial charge in [-0.2, -0.15) is 0 Å². The number of nitrogens with zero attached hydrogens (tertiary/aromatic N) is 2. The molecule has 2 heterocycles. The molecule has 1 N–H and O–H groups in total. The van der Waals surface area contributed by atoms with Crippen LogP contribution in [0.2, 0.25) is 0 Å². The minimum Gasteiger partial charge on any atom is -0.439 e. The highest BCUT2D eigenvalue weighted by Gasteiger charge is 2.51. The second-order valence-electron chi connectivity index (χ2n) is 9.09. The molecule has 8 heteroatoms. The lowest BCUT2D eigenvalue weighted by atomic mass is 9.85. The van der Waals surface area contributed by atoms with E-state index in [1.54, 1.807) is 24.4 Å². The maximum Gasteiger partial charge on any atom is 0.243 e. The molecule has 7 nitrogen and oxygen atoms in total. The van der Waals surface area contributed by atoms with Crippen molar-refractivity contribution in [1.29, 1.82) is 0 Å². The van der Waals surface area contributed by atoms with Gasteiger partial charge in [-0.25, -0.2) is 9.37 Å². The van der Waals surface area contributed by atoms with E-state index in [-0.39, 0.29) is 47.7 Å². The first kappa shape index (κ1) is 23.6. The maximum atomic E-state index is 13.5. The van der Waals surface area contributed by atoms with Crippen molar-refractivity contribution >= 4 is 17.7 Å². The zero-order chi connectivity index (χ0) is 24.2. The molecule has 2 aliphatic rings. The van der Waals surface area contributed by atoms with Gasteiger partial charge in [0.15, 0.2) is 0 Å². The van der Waals surface area contributed by atoms with Crippen LogP contribution in [0.5, 0.6) is 11.6 Å². The van der Waals surface area contributed by atoms with Crippen molar-refractivity contribution in [2.45, 2.75) is 45.7 Å². The molecule has 3 atom stereocenters. The van der Waals surface area contributed by atoms with Gasteiger partial charge in [0, 0.05) is 24.4 Å². The van der Waals surface area contributed by atoms with Crippen molar-refractivity contribution in [2.75, 3.05) is 0 Å². The van der Waals surface area contributed by atoms with Crippen LogP contribution >= 0.6 is 0 Å². The molecule has 178 valence electrons. The van der Waals surface area contributed by atoms with E-state index in [1.165, 1.54) is 23.1 Å². The molecule has 0 bridgehead atoms. The van der Waals surface area contributed by atoms with E-state index in [9.17, 15) is 18.8 Å². The van der Waals surface area contributed by atoms with Crippen molar-refractivity contribution in [1.82, 2.24) is 15.2 Å². The Morgan fingerprint density at radius 2 is 1.85 bits per heavy atom. The summed E-state index contributed by atoms with van der Waals surface area (Å²) in [5.41, 5.74) is 0.584. The first-order chi connectivity index (χ1) is 16.3. The van der Waals surface area contributed by atoms with Gasteiger partial charge in [-0.1, -0.05) is 38.1 Å². The fourth-order valence-electron chi connectivity index (χ4n) is 4.50. The number of pyridine rings is 1. The van der Waals surface area contributed by atoms with Crippen LogP contribution in [0.1, 0.15) is 38.7 Å². The van der Waals surface area contributed by atoms with E-state index < -0.39 is 17.8 Å². The van der Waals surface area contributed by atoms with E-state index in [0.29, 0.717) is 24.8 Å². The van der Waals surface area contributed by atoms with Crippen LogP contribution < -0.4 is 10.1 Å². The molecule has 2 aromatic rings. The lowest BCUT2D eigenvalue weighted by Gasteiger charge is -2.27. The first-order valence-corrected chi connectivity index (χ1v) is 11.5. The summed E-state index contributed by atoms with van der Waals surface area (Å²) in [6.45, 7) is 3.98. The Kier molecular flexibility index (Phi) is 7.05. The average molecular weight is 466 g/mol. The number of allylic oxidation sites excluding steroid dienone is 2. The molecule has 4 rings (SSSR count). The minimum absolute atomic E-state index is 0.0799. The van der Waals surface area contributed by atoms with Crippen molar-refractivity contribution in [2.24, 2.45) is 17.8 Å². The van der Waals surface area contributed by atoms with Crippen molar-refractivity contribution in [3.8, 4) is 11.6 Å². The van der Waals surface area contributed by atoms with E-state index in [4.69, 9.17) is 4.74 Å². The standard InChI is InChI=1S/C26H28FN3O4/c1-16(2)13-22(30-25(32)20-10-3-4-11-21(20)26(30)33)23(31)29-15-17-7-6-12-28-24(17)34-19-9-5-8-18(27)14-19/h3-9,12,14,16,20-22H,10-11,13,15H2,1-2H3,(H,29,31). The molecule has 0 radical (unpaired) electrons. The highest BCUT2D eigenvalue weighted by molar-refractivity contribution is 6.08. The van der Waals surface area contributed by atoms with E-state index in [0.717, 1.165) is 0 Å². The number of carbonyl (C=O) groups is 3. The zero-order valence-corrected chi connectivity index (χ0v) is 19.2. The Morgan fingerprint density at radius 3 is 2.50 bits per heavy atom. The lowest BCUT2D eigenvalue weighted by molar-refractivity contribution is -0.148. The third kappa shape index (κ3) is 5.00. The third-order valence-corrected chi connectivity index (χ3v) is 6.16. The molecule has 1 aliphatic carbocycles. The summed E-state index contributed by atoms with van der Waals surface area (Å²) in [4.78, 5) is 44.8. The Balaban J connectivity index is 1.49. The molecule has 1 saturated heterocycles. The molecule has 1 fully saturated rings. The van der Waals surface area contributed by atoms with Gasteiger partial charge in [0.05, 0.1) is 11.8 Å². The fraction of sp³-hybridized carbons (Fsp3) is 0.385. The summed E-state index contributed by atoms with van der Waals surface area (Å²) < 4.78 is 19.2. The predicted molar refractivity (Wildman–Crippen MR) is 123 cm³/mol. The summed E-state index contributed by atoms with van der Waals surface area (Å²) in [5, 5.41) is 2.85. The number of amides is 3. The number of benzene rings is 1. The summed E-state index contributed by atoms with van der Waals surface area (Å²) in [6.07, 6.45) is 6.82. The highest BCUT2D eigenvalue weighted by atomic mass is 19.1. The molecule has 3 amide bonds. The monoisotopic (exact) mass is 465 g/mol. The number of hydrogen-bond donors (Lipinski definition) is 1. The van der Waals surface area contributed by atoms with Gasteiger partial charge in [0.2, 0.25) is 23.6 Å². The molecule has 0 saturated carbocycles. The number of aromatic nitrogens is 1. The van der Waals surface area contributed by atoms with Gasteiger partial charge in [0.25, 0.3) is 0 Å². The number of likely N-dealkylation sites (tertiary alicyclic amines) is 1. The Morgan fingerprint density at radius 1 is 1.15 bits per heavy atom. The zero-order valence-electron chi connectivity index (χ0n) is 19.2. The third-order valence-electron chi connectivity index (χ3n) is 6.16. The van der Waals surface area contributed by atoms with Crippen LogP contribution in [0.25, 0.3) is 0 Å². The van der Waals surface area contributed by atoms with Gasteiger partial charge in [0.1, 0.15) is 17.6 Å². The van der Waals surface area contributed by atoms with E-state index >= 15 is 0 Å². The van der Waals surface area contributed by atoms with Gasteiger partial charge in [-0.15, -0.1) is 0 Å². The number of imide groups is 1. The number of carbonyl (C=O) groups excluding carboxylic acids is 3. The number of rotatable bonds is 8. The normalized spacial score (nSPS) is 20.4. The van der Waals surface area contributed by atoms with Crippen molar-refractivity contribution in [3.05, 3.63) is 66.1 Å². The van der Waals surface area contributed by atoms with Gasteiger partial charge >= 0.3 is 0 Å². The lowest BCUT2D eigenvalue weighted by Crippen LogP contribution is -2.50. The number of nitrogens with one attached hydrogen (secondary N) is 1. The molecule has 1 aliphatic heterocycles. The Labute approximate surface area is 198 Å². The molecule has 1 aromatic carbocycles. The van der Waals surface area contributed by atoms with E-state index in [2.05, 4.69) is 10.3 Å². The summed E-state index contributed by atoms with van der Waals surface area (Å²) in [7, 11) is 0. The molecular weight excluding hydrogens is 437 g/mol. The van der Waals surface area contributed by atoms with Crippen molar-refractivity contribution < 1.29 is 23.5 Å². The topological polar surface area (TPSA) is 88.6 Å². The fourth-order valence-corrected chi connectivity index (χ4v) is 4.50. The highest BCUT2D eigenvalue weighted by Crippen LogP contribution is 2.37. The van der Waals surface area contributed by atoms with Crippen LogP contribution in [0.15, 0.2) is 54.7 Å². The number of hydrogen-bond acceptors (Lipinski definition) is 5. The maximum absolute atomic E-state index is 13.5. The number of ether oxygens (including phenoxy) is 1. The Hall–Kier alpha value is -3.55. The summed E-state index contributed by atoms with van der Waals surface area (Å²) in [5.74, 6) is -1.52. The van der Waals surface area contributed by atoms with Crippen LogP contribution in [0.4, 0.5) is 4.39 Å². The average Bonchev–Trinajstić information content (AvgIpc) is 3.07. The number of halogens is 1. The van der Waals surface area contributed by atoms with Gasteiger partial charge in [-0.05, 0) is 43.4 Å². The molecule has 0 spiro atoms. The second kappa shape index (κ2) is 10.2. The van der Waals surface area contributed by atoms with Crippen molar-refractivity contribution in [3.63, 3.8) is 0 Å². The number of fused-ring (bicyclic) bond motifs is 1. The smallest absolute Gasteiger partial charge is 0.243 e. The molecule has 1 aromatic heterocycles. The van der Waals surface area contributed by atoms with Crippen LogP contribution in [0.3, 0.4) is 0 Å². The van der Waals surface area contributed by atoms with Crippen LogP contribution in [-0.4, -0.2) is 33.6 Å². The Bertz CT molecular complexity index is 1090. The summed E-state index contributed by atoms with van der Waals surface area (Å²) in [6, 6.07) is 8.27. The van der Waals surface area contributed by atoms with Crippen LogP contribution in [-0.2, 0) is 20.9 Å². The summed E-state index contributed by atoms with van der Waals surface area (Å²) >= 11 is 0. The minimum atomic E-state index is -0.880. The first-order valence-electron chi connectivity index (χ1n) is 11.5. The largest absolute Gasteiger partial charge is 0.439 e. The molecular formula is C26H28FN3O4. The van der Waals surface area contributed by atoms with E-state index in [1.807, 2.05) is 26.0 Å². The molecule has 34 heavy (non-hydrogen) atoms. The van der Waals surface area contributed by atoms with Crippen LogP contribution in [0, 0.1) is 23.6 Å². The van der Waals surface area contributed by atoms with Gasteiger partial charge < -0.3 is 10.1 Å². The second-order valence-corrected chi connectivity index (χ2v) is 9.09. The molecule has 3 unspecified atom stereocenters. The predicted octanol–water partition coefficient (Wildman–Crippen LogP) is 4.00. The quantitative estimate of drug-likeness (QED) is 0.470. The van der Waals surface area contributed by atoms with Gasteiger partial charge in [-0.3, -0.25) is 19.3 Å².